The van der Waals surface area contributed by atoms with Crippen LogP contribution in [0.1, 0.15) is 26.2 Å². The van der Waals surface area contributed by atoms with Crippen LogP contribution in [0.2, 0.25) is 0 Å². The second-order valence-corrected chi connectivity index (χ2v) is 3.53. The molecule has 0 fully saturated rings. The van der Waals surface area contributed by atoms with Crippen molar-refractivity contribution < 1.29 is 19.8 Å². The van der Waals surface area contributed by atoms with E-state index in [0.717, 1.165) is 6.42 Å². The lowest BCUT2D eigenvalue weighted by Gasteiger charge is -2.16. The fraction of sp³-hybridized carbons (Fsp3) is 0.636. The molecule has 0 aliphatic rings. The van der Waals surface area contributed by atoms with Gasteiger partial charge in [-0.25, -0.2) is 9.59 Å². The van der Waals surface area contributed by atoms with Crippen LogP contribution in [0.3, 0.4) is 0 Å². The summed E-state index contributed by atoms with van der Waals surface area (Å²) in [4.78, 5) is 22.1. The fourth-order valence-corrected chi connectivity index (χ4v) is 1.23. The molecule has 0 heterocycles. The van der Waals surface area contributed by atoms with Crippen molar-refractivity contribution in [3.05, 3.63) is 0 Å². The summed E-state index contributed by atoms with van der Waals surface area (Å²) in [5, 5.41) is 22.1. The molecule has 0 radical (unpaired) electrons. The highest BCUT2D eigenvalue weighted by atomic mass is 16.4. The number of aliphatic hydroxyl groups is 1. The minimum Gasteiger partial charge on any atom is -0.480 e. The Labute approximate surface area is 100 Å². The summed E-state index contributed by atoms with van der Waals surface area (Å²) in [6, 6.07) is -2.16. The summed E-state index contributed by atoms with van der Waals surface area (Å²) in [6.45, 7) is 1.61. The number of terminal acetylenes is 1. The molecule has 96 valence electrons. The van der Waals surface area contributed by atoms with Crippen LogP contribution in [-0.4, -0.2) is 40.9 Å². The number of carbonyl (C=O) groups is 2. The number of carboxylic acid groups (broad SMARTS) is 1. The summed E-state index contributed by atoms with van der Waals surface area (Å²) in [5.41, 5.74) is 0. The topological polar surface area (TPSA) is 98.7 Å². The Kier molecular flexibility index (Phi) is 7.55. The molecule has 0 aliphatic carbocycles. The first-order valence-corrected chi connectivity index (χ1v) is 5.42. The lowest BCUT2D eigenvalue weighted by molar-refractivity contribution is -0.139. The molecule has 17 heavy (non-hydrogen) atoms. The van der Waals surface area contributed by atoms with Crippen LogP contribution < -0.4 is 10.6 Å². The van der Waals surface area contributed by atoms with Gasteiger partial charge in [-0.15, -0.1) is 6.42 Å². The number of aliphatic hydroxyl groups excluding tert-OH is 1. The minimum atomic E-state index is -1.19. The molecule has 2 amide bonds. The molecule has 0 saturated carbocycles. The van der Waals surface area contributed by atoms with Gasteiger partial charge in [0, 0.05) is 13.0 Å². The molecule has 0 rings (SSSR count). The Balaban J connectivity index is 4.22. The van der Waals surface area contributed by atoms with Crippen LogP contribution in [-0.2, 0) is 4.79 Å². The quantitative estimate of drug-likeness (QED) is 0.469. The van der Waals surface area contributed by atoms with Crippen molar-refractivity contribution >= 4 is 12.0 Å². The van der Waals surface area contributed by atoms with Crippen LogP contribution in [0.15, 0.2) is 0 Å². The molecule has 0 aromatic heterocycles. The molecule has 4 N–H and O–H groups in total. The van der Waals surface area contributed by atoms with Crippen LogP contribution in [0.5, 0.6) is 0 Å². The number of amides is 2. The number of urea groups is 1. The number of carboxylic acids is 1. The Bertz CT molecular complexity index is 298. The first-order valence-electron chi connectivity index (χ1n) is 5.42. The molecule has 0 saturated heterocycles. The number of hydrogen-bond donors (Lipinski definition) is 4. The predicted octanol–water partition coefficient (Wildman–Crippen LogP) is -0.0769. The van der Waals surface area contributed by atoms with Gasteiger partial charge in [-0.05, 0) is 6.42 Å². The van der Waals surface area contributed by atoms with Gasteiger partial charge in [0.2, 0.25) is 0 Å². The molecule has 6 heteroatoms. The molecular weight excluding hydrogens is 224 g/mol. The second-order valence-electron chi connectivity index (χ2n) is 3.53. The van der Waals surface area contributed by atoms with Crippen molar-refractivity contribution in [2.24, 2.45) is 0 Å². The van der Waals surface area contributed by atoms with Crippen molar-refractivity contribution in [3.63, 3.8) is 0 Å². The van der Waals surface area contributed by atoms with Crippen LogP contribution in [0.25, 0.3) is 0 Å². The fourth-order valence-electron chi connectivity index (χ4n) is 1.23. The maximum absolute atomic E-state index is 11.4. The van der Waals surface area contributed by atoms with Crippen molar-refractivity contribution in [2.75, 3.05) is 6.61 Å². The van der Waals surface area contributed by atoms with Gasteiger partial charge in [0.1, 0.15) is 6.04 Å². The highest BCUT2D eigenvalue weighted by molar-refractivity contribution is 5.82. The Morgan fingerprint density at radius 1 is 1.35 bits per heavy atom. The Morgan fingerprint density at radius 3 is 2.41 bits per heavy atom. The number of carbonyl (C=O) groups excluding carboxylic acids is 1. The zero-order valence-corrected chi connectivity index (χ0v) is 9.77. The lowest BCUT2D eigenvalue weighted by atomic mass is 10.2. The van der Waals surface area contributed by atoms with Crippen molar-refractivity contribution in [3.8, 4) is 12.3 Å². The average Bonchev–Trinajstić information content (AvgIpc) is 2.27. The SMILES string of the molecule is C#CC(CCC)NC(=O)N[C@H](CCO)C(=O)O. The summed E-state index contributed by atoms with van der Waals surface area (Å²) in [6.07, 6.45) is 6.60. The maximum atomic E-state index is 11.4. The largest absolute Gasteiger partial charge is 0.480 e. The summed E-state index contributed by atoms with van der Waals surface area (Å²) in [7, 11) is 0. The van der Waals surface area contributed by atoms with Crippen LogP contribution in [0.4, 0.5) is 4.79 Å². The predicted molar refractivity (Wildman–Crippen MR) is 62.3 cm³/mol. The first-order chi connectivity index (χ1) is 8.04. The molecule has 6 nitrogen and oxygen atoms in total. The first kappa shape index (κ1) is 15.3. The monoisotopic (exact) mass is 242 g/mol. The lowest BCUT2D eigenvalue weighted by Crippen LogP contribution is -2.49. The molecule has 2 atom stereocenters. The van der Waals surface area contributed by atoms with E-state index in [-0.39, 0.29) is 13.0 Å². The third kappa shape index (κ3) is 6.43. The van der Waals surface area contributed by atoms with E-state index in [0.29, 0.717) is 6.42 Å². The number of aliphatic carboxylic acids is 1. The van der Waals surface area contributed by atoms with E-state index >= 15 is 0 Å². The summed E-state index contributed by atoms with van der Waals surface area (Å²) < 4.78 is 0. The number of hydrogen-bond acceptors (Lipinski definition) is 3. The smallest absolute Gasteiger partial charge is 0.326 e. The highest BCUT2D eigenvalue weighted by Gasteiger charge is 2.20. The molecule has 0 bridgehead atoms. The number of rotatable bonds is 7. The van der Waals surface area contributed by atoms with Gasteiger partial charge in [-0.2, -0.15) is 0 Å². The van der Waals surface area contributed by atoms with Gasteiger partial charge in [-0.1, -0.05) is 19.3 Å². The van der Waals surface area contributed by atoms with E-state index < -0.39 is 24.1 Å². The van der Waals surface area contributed by atoms with E-state index in [1.54, 1.807) is 0 Å². The zero-order valence-electron chi connectivity index (χ0n) is 9.77. The molecular formula is C11H18N2O4. The molecule has 1 unspecified atom stereocenters. The van der Waals surface area contributed by atoms with E-state index in [2.05, 4.69) is 16.6 Å². The van der Waals surface area contributed by atoms with E-state index in [1.165, 1.54) is 0 Å². The van der Waals surface area contributed by atoms with Gasteiger partial charge in [0.05, 0.1) is 6.04 Å². The summed E-state index contributed by atoms with van der Waals surface area (Å²) >= 11 is 0. The van der Waals surface area contributed by atoms with Gasteiger partial charge in [0.15, 0.2) is 0 Å². The normalized spacial score (nSPS) is 13.2. The molecule has 0 spiro atoms. The standard InChI is InChI=1S/C11H18N2O4/c1-3-5-8(4-2)12-11(17)13-9(6-7-14)10(15)16/h2,8-9,14H,3,5-7H2,1H3,(H,15,16)(H2,12,13,17)/t8?,9-/m1/s1. The van der Waals surface area contributed by atoms with Gasteiger partial charge < -0.3 is 20.8 Å². The van der Waals surface area contributed by atoms with Gasteiger partial charge >= 0.3 is 12.0 Å². The zero-order chi connectivity index (χ0) is 13.3. The second kappa shape index (κ2) is 8.42. The Hall–Kier alpha value is -1.74. The van der Waals surface area contributed by atoms with Crippen LogP contribution >= 0.6 is 0 Å². The van der Waals surface area contributed by atoms with E-state index in [4.69, 9.17) is 16.6 Å². The molecule has 0 aromatic carbocycles. The third-order valence-electron chi connectivity index (χ3n) is 2.11. The minimum absolute atomic E-state index is 0.0444. The van der Waals surface area contributed by atoms with E-state index in [1.807, 2.05) is 6.92 Å². The third-order valence-corrected chi connectivity index (χ3v) is 2.11. The highest BCUT2D eigenvalue weighted by Crippen LogP contribution is 1.96. The van der Waals surface area contributed by atoms with Gasteiger partial charge in [0.25, 0.3) is 0 Å². The van der Waals surface area contributed by atoms with Crippen molar-refractivity contribution in [1.29, 1.82) is 0 Å². The van der Waals surface area contributed by atoms with Crippen molar-refractivity contribution in [1.82, 2.24) is 10.6 Å². The van der Waals surface area contributed by atoms with Crippen LogP contribution in [0, 0.1) is 12.3 Å². The maximum Gasteiger partial charge on any atom is 0.326 e. The number of nitrogens with one attached hydrogen (secondary N) is 2. The van der Waals surface area contributed by atoms with E-state index in [9.17, 15) is 9.59 Å². The molecule has 0 aliphatic heterocycles. The van der Waals surface area contributed by atoms with Gasteiger partial charge in [-0.3, -0.25) is 0 Å². The average molecular weight is 242 g/mol. The van der Waals surface area contributed by atoms with Crippen molar-refractivity contribution in [2.45, 2.75) is 38.3 Å². The Morgan fingerprint density at radius 2 is 2.00 bits per heavy atom. The molecule has 0 aromatic rings. The summed E-state index contributed by atoms with van der Waals surface area (Å²) in [5.74, 6) is 1.21.